The van der Waals surface area contributed by atoms with E-state index in [1.54, 1.807) is 17.7 Å². The summed E-state index contributed by atoms with van der Waals surface area (Å²) in [5.41, 5.74) is 2.31. The van der Waals surface area contributed by atoms with E-state index in [2.05, 4.69) is 9.82 Å². The molecule has 5 nitrogen and oxygen atoms in total. The Morgan fingerprint density at radius 2 is 2.05 bits per heavy atom. The quantitative estimate of drug-likeness (QED) is 0.921. The molecule has 0 aliphatic rings. The van der Waals surface area contributed by atoms with Crippen LogP contribution < -0.4 is 4.72 Å². The molecule has 0 bridgehead atoms. The van der Waals surface area contributed by atoms with Crippen LogP contribution >= 0.6 is 0 Å². The molecule has 0 radical (unpaired) electrons. The van der Waals surface area contributed by atoms with E-state index in [9.17, 15) is 8.42 Å². The number of rotatable bonds is 5. The number of nitrogens with zero attached hydrogens (tertiary/aromatic N) is 2. The summed E-state index contributed by atoms with van der Waals surface area (Å²) >= 11 is 0. The lowest BCUT2D eigenvalue weighted by Crippen LogP contribution is -2.14. The lowest BCUT2D eigenvalue weighted by Gasteiger charge is -2.09. The molecule has 1 aromatic heterocycles. The summed E-state index contributed by atoms with van der Waals surface area (Å²) in [7, 11) is -3.59. The Balaban J connectivity index is 2.33. The summed E-state index contributed by atoms with van der Waals surface area (Å²) in [4.78, 5) is 0.223. The molecule has 0 saturated heterocycles. The van der Waals surface area contributed by atoms with E-state index in [4.69, 9.17) is 0 Å². The Morgan fingerprint density at radius 1 is 1.30 bits per heavy atom. The SMILES string of the molecule is CCc1cccc(NS(=O)(=O)c2cnn(CC)c2C)c1. The first kappa shape index (κ1) is 14.6. The summed E-state index contributed by atoms with van der Waals surface area (Å²) in [6.07, 6.45) is 2.26. The predicted molar refractivity (Wildman–Crippen MR) is 79.3 cm³/mol. The van der Waals surface area contributed by atoms with Gasteiger partial charge in [-0.25, -0.2) is 8.42 Å². The van der Waals surface area contributed by atoms with Crippen molar-refractivity contribution in [3.05, 3.63) is 41.7 Å². The number of aromatic nitrogens is 2. The van der Waals surface area contributed by atoms with Crippen LogP contribution in [-0.4, -0.2) is 18.2 Å². The molecule has 6 heteroatoms. The minimum atomic E-state index is -3.59. The van der Waals surface area contributed by atoms with E-state index in [-0.39, 0.29) is 4.90 Å². The Labute approximate surface area is 119 Å². The number of benzene rings is 1. The van der Waals surface area contributed by atoms with E-state index < -0.39 is 10.0 Å². The van der Waals surface area contributed by atoms with Gasteiger partial charge in [-0.05, 0) is 38.0 Å². The van der Waals surface area contributed by atoms with Gasteiger partial charge in [0.2, 0.25) is 0 Å². The number of sulfonamides is 1. The maximum Gasteiger partial charge on any atom is 0.265 e. The van der Waals surface area contributed by atoms with Crippen molar-refractivity contribution in [3.63, 3.8) is 0 Å². The topological polar surface area (TPSA) is 64.0 Å². The van der Waals surface area contributed by atoms with Crippen LogP contribution in [-0.2, 0) is 23.0 Å². The maximum atomic E-state index is 12.4. The molecule has 1 heterocycles. The number of anilines is 1. The van der Waals surface area contributed by atoms with Crippen molar-refractivity contribution in [2.45, 2.75) is 38.6 Å². The first-order chi connectivity index (χ1) is 9.47. The molecule has 0 aliphatic heterocycles. The van der Waals surface area contributed by atoms with Crippen molar-refractivity contribution in [2.75, 3.05) is 4.72 Å². The standard InChI is InChI=1S/C14H19N3O2S/c1-4-12-7-6-8-13(9-12)16-20(18,19)14-10-15-17(5-2)11(14)3/h6-10,16H,4-5H2,1-3H3. The van der Waals surface area contributed by atoms with Crippen LogP contribution in [0.2, 0.25) is 0 Å². The molecule has 1 aromatic carbocycles. The van der Waals surface area contributed by atoms with Crippen molar-refractivity contribution in [3.8, 4) is 0 Å². The smallest absolute Gasteiger partial charge is 0.265 e. The van der Waals surface area contributed by atoms with E-state index in [1.807, 2.05) is 32.0 Å². The minimum Gasteiger partial charge on any atom is -0.280 e. The second kappa shape index (κ2) is 5.66. The van der Waals surface area contributed by atoms with E-state index in [0.29, 0.717) is 17.9 Å². The van der Waals surface area contributed by atoms with Gasteiger partial charge in [0.25, 0.3) is 10.0 Å². The van der Waals surface area contributed by atoms with Crippen LogP contribution in [0.25, 0.3) is 0 Å². The Hall–Kier alpha value is -1.82. The van der Waals surface area contributed by atoms with Gasteiger partial charge in [-0.1, -0.05) is 19.1 Å². The molecule has 0 atom stereocenters. The molecule has 1 N–H and O–H groups in total. The highest BCUT2D eigenvalue weighted by Crippen LogP contribution is 2.20. The predicted octanol–water partition coefficient (Wildman–Crippen LogP) is 2.57. The van der Waals surface area contributed by atoms with Crippen LogP contribution in [0, 0.1) is 6.92 Å². The molecule has 0 unspecified atom stereocenters. The minimum absolute atomic E-state index is 0.223. The summed E-state index contributed by atoms with van der Waals surface area (Å²) in [5.74, 6) is 0. The van der Waals surface area contributed by atoms with Gasteiger partial charge in [0, 0.05) is 12.2 Å². The molecule has 0 saturated carbocycles. The summed E-state index contributed by atoms with van der Waals surface area (Å²) in [6, 6.07) is 7.41. The molecule has 20 heavy (non-hydrogen) atoms. The zero-order valence-electron chi connectivity index (χ0n) is 11.9. The van der Waals surface area contributed by atoms with Crippen LogP contribution in [0.3, 0.4) is 0 Å². The molecule has 108 valence electrons. The number of hydrogen-bond donors (Lipinski definition) is 1. The van der Waals surface area contributed by atoms with Crippen molar-refractivity contribution in [2.24, 2.45) is 0 Å². The summed E-state index contributed by atoms with van der Waals surface area (Å²) in [5, 5.41) is 4.07. The van der Waals surface area contributed by atoms with Crippen LogP contribution in [0.15, 0.2) is 35.4 Å². The van der Waals surface area contributed by atoms with Gasteiger partial charge in [-0.2, -0.15) is 5.10 Å². The van der Waals surface area contributed by atoms with Crippen molar-refractivity contribution in [1.29, 1.82) is 0 Å². The molecular weight excluding hydrogens is 274 g/mol. The first-order valence-electron chi connectivity index (χ1n) is 6.62. The second-order valence-corrected chi connectivity index (χ2v) is 6.22. The van der Waals surface area contributed by atoms with E-state index >= 15 is 0 Å². The zero-order valence-corrected chi connectivity index (χ0v) is 12.7. The van der Waals surface area contributed by atoms with E-state index in [0.717, 1.165) is 12.0 Å². The van der Waals surface area contributed by atoms with Crippen LogP contribution in [0.5, 0.6) is 0 Å². The first-order valence-corrected chi connectivity index (χ1v) is 8.10. The molecular formula is C14H19N3O2S. The van der Waals surface area contributed by atoms with Crippen molar-refractivity contribution in [1.82, 2.24) is 9.78 Å². The van der Waals surface area contributed by atoms with Crippen molar-refractivity contribution >= 4 is 15.7 Å². The Morgan fingerprint density at radius 3 is 2.65 bits per heavy atom. The van der Waals surface area contributed by atoms with Gasteiger partial charge in [-0.3, -0.25) is 9.40 Å². The molecule has 2 rings (SSSR count). The van der Waals surface area contributed by atoms with Gasteiger partial charge in [0.15, 0.2) is 0 Å². The Kier molecular flexibility index (Phi) is 4.13. The average Bonchev–Trinajstić information content (AvgIpc) is 2.80. The van der Waals surface area contributed by atoms with Gasteiger partial charge < -0.3 is 0 Å². The third-order valence-corrected chi connectivity index (χ3v) is 4.72. The fourth-order valence-electron chi connectivity index (χ4n) is 2.08. The average molecular weight is 293 g/mol. The lowest BCUT2D eigenvalue weighted by atomic mass is 10.1. The highest BCUT2D eigenvalue weighted by atomic mass is 32.2. The fourth-order valence-corrected chi connectivity index (χ4v) is 3.30. The number of hydrogen-bond acceptors (Lipinski definition) is 3. The van der Waals surface area contributed by atoms with Gasteiger partial charge in [0.1, 0.15) is 4.90 Å². The van der Waals surface area contributed by atoms with Crippen LogP contribution in [0.1, 0.15) is 25.1 Å². The molecule has 2 aromatic rings. The van der Waals surface area contributed by atoms with E-state index in [1.165, 1.54) is 6.20 Å². The van der Waals surface area contributed by atoms with Crippen LogP contribution in [0.4, 0.5) is 5.69 Å². The van der Waals surface area contributed by atoms with Gasteiger partial charge in [-0.15, -0.1) is 0 Å². The highest BCUT2D eigenvalue weighted by molar-refractivity contribution is 7.92. The number of aryl methyl sites for hydroxylation is 2. The van der Waals surface area contributed by atoms with Gasteiger partial charge in [0.05, 0.1) is 11.9 Å². The Bertz CT molecular complexity index is 705. The largest absolute Gasteiger partial charge is 0.280 e. The summed E-state index contributed by atoms with van der Waals surface area (Å²) in [6.45, 7) is 6.36. The lowest BCUT2D eigenvalue weighted by molar-refractivity contribution is 0.598. The second-order valence-electron chi connectivity index (χ2n) is 4.57. The normalized spacial score (nSPS) is 11.6. The monoisotopic (exact) mass is 293 g/mol. The third-order valence-electron chi connectivity index (χ3n) is 3.23. The molecule has 0 aliphatic carbocycles. The molecule has 0 spiro atoms. The van der Waals surface area contributed by atoms with Gasteiger partial charge >= 0.3 is 0 Å². The molecule has 0 fully saturated rings. The molecule has 0 amide bonds. The number of nitrogens with one attached hydrogen (secondary N) is 1. The third kappa shape index (κ3) is 2.85. The van der Waals surface area contributed by atoms with Crippen molar-refractivity contribution < 1.29 is 8.42 Å². The zero-order chi connectivity index (χ0) is 14.8. The summed E-state index contributed by atoms with van der Waals surface area (Å²) < 4.78 is 29.0. The fraction of sp³-hybridized carbons (Fsp3) is 0.357. The maximum absolute atomic E-state index is 12.4. The highest BCUT2D eigenvalue weighted by Gasteiger charge is 2.20.